The Morgan fingerprint density at radius 1 is 0.964 bits per heavy atom. The lowest BCUT2D eigenvalue weighted by Gasteiger charge is -2.34. The second-order valence-corrected chi connectivity index (χ2v) is 6.31. The molecule has 0 aliphatic carbocycles. The topological polar surface area (TPSA) is 82.6 Å². The van der Waals surface area contributed by atoms with E-state index in [1.54, 1.807) is 9.80 Å². The molecule has 0 radical (unpaired) electrons. The van der Waals surface area contributed by atoms with Crippen molar-refractivity contribution in [1.29, 1.82) is 0 Å². The Hall–Kier alpha value is -3.36. The summed E-state index contributed by atoms with van der Waals surface area (Å²) in [7, 11) is 0. The average molecular weight is 388 g/mol. The van der Waals surface area contributed by atoms with Crippen LogP contribution in [0.5, 0.6) is 0 Å². The summed E-state index contributed by atoms with van der Waals surface area (Å²) < 4.78 is 27.4. The maximum absolute atomic E-state index is 13.7. The highest BCUT2D eigenvalue weighted by Crippen LogP contribution is 2.19. The molecular weight excluding hydrogens is 370 g/mol. The number of amides is 3. The zero-order chi connectivity index (χ0) is 20.3. The normalized spacial score (nSPS) is 14.0. The number of nitrogens with zero attached hydrogens (tertiary/aromatic N) is 3. The van der Waals surface area contributed by atoms with Gasteiger partial charge < -0.3 is 15.1 Å². The van der Waals surface area contributed by atoms with Gasteiger partial charge in [-0.05, 0) is 18.2 Å². The van der Waals surface area contributed by atoms with Crippen LogP contribution in [0.4, 0.5) is 14.5 Å². The standard InChI is InChI=1S/C19H18F2N4O3/c1-12(26)24-5-7-25(8-6-24)19(28)14-9-13(10-22-11-14)18(27)23-17-15(20)3-2-4-16(17)21/h2-4,9-11H,5-8H2,1H3,(H,23,27). The van der Waals surface area contributed by atoms with Gasteiger partial charge in [0.05, 0.1) is 11.1 Å². The first-order valence-corrected chi connectivity index (χ1v) is 8.62. The van der Waals surface area contributed by atoms with E-state index in [0.29, 0.717) is 26.2 Å². The number of rotatable bonds is 3. The van der Waals surface area contributed by atoms with Gasteiger partial charge in [0, 0.05) is 45.5 Å². The zero-order valence-electron chi connectivity index (χ0n) is 15.1. The van der Waals surface area contributed by atoms with Crippen LogP contribution in [0.2, 0.25) is 0 Å². The van der Waals surface area contributed by atoms with Crippen molar-refractivity contribution in [3.63, 3.8) is 0 Å². The van der Waals surface area contributed by atoms with E-state index < -0.39 is 23.2 Å². The number of carbonyl (C=O) groups is 3. The Balaban J connectivity index is 1.72. The number of anilines is 1. The van der Waals surface area contributed by atoms with Crippen molar-refractivity contribution in [3.05, 3.63) is 59.4 Å². The average Bonchev–Trinajstić information content (AvgIpc) is 2.70. The van der Waals surface area contributed by atoms with Gasteiger partial charge >= 0.3 is 0 Å². The maximum atomic E-state index is 13.7. The number of hydrogen-bond donors (Lipinski definition) is 1. The van der Waals surface area contributed by atoms with E-state index in [-0.39, 0.29) is 22.9 Å². The molecule has 2 heterocycles. The van der Waals surface area contributed by atoms with Crippen LogP contribution in [0, 0.1) is 11.6 Å². The molecule has 146 valence electrons. The van der Waals surface area contributed by atoms with E-state index in [9.17, 15) is 23.2 Å². The number of benzene rings is 1. The molecule has 3 rings (SSSR count). The highest BCUT2D eigenvalue weighted by molar-refractivity contribution is 6.06. The monoisotopic (exact) mass is 388 g/mol. The molecule has 0 bridgehead atoms. The molecule has 0 saturated carbocycles. The van der Waals surface area contributed by atoms with Gasteiger partial charge in [-0.15, -0.1) is 0 Å². The van der Waals surface area contributed by atoms with Crippen molar-refractivity contribution < 1.29 is 23.2 Å². The van der Waals surface area contributed by atoms with Gasteiger partial charge in [-0.2, -0.15) is 0 Å². The van der Waals surface area contributed by atoms with Gasteiger partial charge in [-0.1, -0.05) is 6.07 Å². The quantitative estimate of drug-likeness (QED) is 0.871. The highest BCUT2D eigenvalue weighted by atomic mass is 19.1. The highest BCUT2D eigenvalue weighted by Gasteiger charge is 2.24. The lowest BCUT2D eigenvalue weighted by atomic mass is 10.1. The summed E-state index contributed by atoms with van der Waals surface area (Å²) in [6.07, 6.45) is 2.53. The Bertz CT molecular complexity index is 907. The number of halogens is 2. The second-order valence-electron chi connectivity index (χ2n) is 6.31. The van der Waals surface area contributed by atoms with Crippen LogP contribution in [0.25, 0.3) is 0 Å². The molecule has 1 aliphatic heterocycles. The maximum Gasteiger partial charge on any atom is 0.257 e. The van der Waals surface area contributed by atoms with E-state index in [0.717, 1.165) is 12.1 Å². The molecule has 1 aromatic heterocycles. The Kier molecular flexibility index (Phi) is 5.62. The minimum absolute atomic E-state index is 0.00382. The van der Waals surface area contributed by atoms with Crippen molar-refractivity contribution in [2.75, 3.05) is 31.5 Å². The van der Waals surface area contributed by atoms with Gasteiger partial charge in [0.25, 0.3) is 11.8 Å². The van der Waals surface area contributed by atoms with Crippen LogP contribution in [0.15, 0.2) is 36.7 Å². The third kappa shape index (κ3) is 4.13. The summed E-state index contributed by atoms with van der Waals surface area (Å²) in [5.74, 6) is -2.98. The van der Waals surface area contributed by atoms with E-state index >= 15 is 0 Å². The van der Waals surface area contributed by atoms with Crippen LogP contribution in [0.3, 0.4) is 0 Å². The molecule has 1 aromatic carbocycles. The summed E-state index contributed by atoms with van der Waals surface area (Å²) in [6.45, 7) is 3.08. The zero-order valence-corrected chi connectivity index (χ0v) is 15.1. The van der Waals surface area contributed by atoms with Gasteiger partial charge in [-0.25, -0.2) is 8.78 Å². The number of piperazine rings is 1. The molecular formula is C19H18F2N4O3. The number of hydrogen-bond acceptors (Lipinski definition) is 4. The van der Waals surface area contributed by atoms with Crippen molar-refractivity contribution in [2.24, 2.45) is 0 Å². The fourth-order valence-corrected chi connectivity index (χ4v) is 2.89. The largest absolute Gasteiger partial charge is 0.339 e. The Labute approximate surface area is 160 Å². The first kappa shape index (κ1) is 19.4. The fourth-order valence-electron chi connectivity index (χ4n) is 2.89. The molecule has 1 aliphatic rings. The molecule has 1 saturated heterocycles. The van der Waals surface area contributed by atoms with Crippen LogP contribution in [-0.4, -0.2) is 58.7 Å². The summed E-state index contributed by atoms with van der Waals surface area (Å²) in [5.41, 5.74) is -0.390. The summed E-state index contributed by atoms with van der Waals surface area (Å²) in [6, 6.07) is 4.56. The molecule has 2 aromatic rings. The lowest BCUT2D eigenvalue weighted by Crippen LogP contribution is -2.50. The molecule has 0 spiro atoms. The number of pyridine rings is 1. The summed E-state index contributed by atoms with van der Waals surface area (Å²) >= 11 is 0. The molecule has 0 atom stereocenters. The van der Waals surface area contributed by atoms with Gasteiger partial charge in [0.1, 0.15) is 17.3 Å². The molecule has 1 fully saturated rings. The fraction of sp³-hybridized carbons (Fsp3) is 0.263. The predicted octanol–water partition coefficient (Wildman–Crippen LogP) is 1.92. The van der Waals surface area contributed by atoms with Crippen molar-refractivity contribution in [1.82, 2.24) is 14.8 Å². The Morgan fingerprint density at radius 3 is 2.14 bits per heavy atom. The minimum atomic E-state index is -0.906. The summed E-state index contributed by atoms with van der Waals surface area (Å²) in [4.78, 5) is 43.5. The molecule has 3 amide bonds. The molecule has 1 N–H and O–H groups in total. The summed E-state index contributed by atoms with van der Waals surface area (Å²) in [5, 5.41) is 2.16. The number of aromatic nitrogens is 1. The third-order valence-corrected chi connectivity index (χ3v) is 4.46. The first-order chi connectivity index (χ1) is 13.4. The van der Waals surface area contributed by atoms with E-state index in [2.05, 4.69) is 10.3 Å². The van der Waals surface area contributed by atoms with Crippen molar-refractivity contribution >= 4 is 23.4 Å². The SMILES string of the molecule is CC(=O)N1CCN(C(=O)c2cncc(C(=O)Nc3c(F)cccc3F)c2)CC1. The van der Waals surface area contributed by atoms with Crippen LogP contribution in [0.1, 0.15) is 27.6 Å². The van der Waals surface area contributed by atoms with Gasteiger partial charge in [0.15, 0.2) is 0 Å². The van der Waals surface area contributed by atoms with Crippen LogP contribution in [-0.2, 0) is 4.79 Å². The number of carbonyl (C=O) groups excluding carboxylic acids is 3. The Morgan fingerprint density at radius 2 is 1.54 bits per heavy atom. The molecule has 28 heavy (non-hydrogen) atoms. The first-order valence-electron chi connectivity index (χ1n) is 8.62. The third-order valence-electron chi connectivity index (χ3n) is 4.46. The van der Waals surface area contributed by atoms with Gasteiger partial charge in [0.2, 0.25) is 5.91 Å². The van der Waals surface area contributed by atoms with E-state index in [1.807, 2.05) is 0 Å². The van der Waals surface area contributed by atoms with Gasteiger partial charge in [-0.3, -0.25) is 19.4 Å². The predicted molar refractivity (Wildman–Crippen MR) is 96.7 cm³/mol. The van der Waals surface area contributed by atoms with Crippen molar-refractivity contribution in [2.45, 2.75) is 6.92 Å². The number of para-hydroxylation sites is 1. The van der Waals surface area contributed by atoms with E-state index in [4.69, 9.17) is 0 Å². The smallest absolute Gasteiger partial charge is 0.257 e. The lowest BCUT2D eigenvalue weighted by molar-refractivity contribution is -0.130. The second kappa shape index (κ2) is 8.12. The van der Waals surface area contributed by atoms with Crippen LogP contribution < -0.4 is 5.32 Å². The minimum Gasteiger partial charge on any atom is -0.339 e. The molecule has 0 unspecified atom stereocenters. The van der Waals surface area contributed by atoms with Crippen molar-refractivity contribution in [3.8, 4) is 0 Å². The van der Waals surface area contributed by atoms with Crippen LogP contribution >= 0.6 is 0 Å². The molecule has 9 heteroatoms. The van der Waals surface area contributed by atoms with E-state index in [1.165, 1.54) is 31.5 Å². The number of nitrogens with one attached hydrogen (secondary N) is 1. The molecule has 7 nitrogen and oxygen atoms in total.